The minimum absolute atomic E-state index is 0.0760. The fourth-order valence-electron chi connectivity index (χ4n) is 3.83. The molecule has 6 nitrogen and oxygen atoms in total. The van der Waals surface area contributed by atoms with Crippen LogP contribution >= 0.6 is 0 Å². The van der Waals surface area contributed by atoms with Crippen LogP contribution in [-0.2, 0) is 15.7 Å². The minimum Gasteiger partial charge on any atom is -0.381 e. The second-order valence-electron chi connectivity index (χ2n) is 7.58. The number of carbonyl (C=O) groups is 1. The molecular formula is C20H22F3N3O3. The van der Waals surface area contributed by atoms with E-state index in [0.717, 1.165) is 23.6 Å². The number of rotatable bonds is 2. The fourth-order valence-corrected chi connectivity index (χ4v) is 3.83. The summed E-state index contributed by atoms with van der Waals surface area (Å²) in [5, 5.41) is 3.55. The Bertz CT molecular complexity index is 858. The van der Waals surface area contributed by atoms with E-state index in [1.165, 1.54) is 6.20 Å². The molecule has 0 bridgehead atoms. The summed E-state index contributed by atoms with van der Waals surface area (Å²) in [4.78, 5) is 14.8. The van der Waals surface area contributed by atoms with Gasteiger partial charge in [-0.15, -0.1) is 0 Å². The molecule has 156 valence electrons. The zero-order valence-corrected chi connectivity index (χ0v) is 15.8. The van der Waals surface area contributed by atoms with Gasteiger partial charge in [0.25, 0.3) is 5.91 Å². The highest BCUT2D eigenvalue weighted by Crippen LogP contribution is 2.34. The molecule has 0 N–H and O–H groups in total. The zero-order chi connectivity index (χ0) is 20.5. The van der Waals surface area contributed by atoms with Crippen LogP contribution in [0.1, 0.15) is 28.9 Å². The van der Waals surface area contributed by atoms with Crippen molar-refractivity contribution in [2.24, 2.45) is 5.41 Å². The van der Waals surface area contributed by atoms with Crippen LogP contribution < -0.4 is 0 Å². The van der Waals surface area contributed by atoms with Gasteiger partial charge in [0.1, 0.15) is 0 Å². The largest absolute Gasteiger partial charge is 0.435 e. The smallest absolute Gasteiger partial charge is 0.381 e. The maximum absolute atomic E-state index is 13.0. The Morgan fingerprint density at radius 1 is 1.03 bits per heavy atom. The van der Waals surface area contributed by atoms with Gasteiger partial charge in [-0.1, -0.05) is 0 Å². The second kappa shape index (κ2) is 7.79. The monoisotopic (exact) mass is 409 g/mol. The van der Waals surface area contributed by atoms with Gasteiger partial charge in [0, 0.05) is 43.5 Å². The van der Waals surface area contributed by atoms with Crippen molar-refractivity contribution in [3.05, 3.63) is 47.8 Å². The Morgan fingerprint density at radius 2 is 1.76 bits per heavy atom. The van der Waals surface area contributed by atoms with E-state index in [0.29, 0.717) is 50.8 Å². The Hall–Kier alpha value is -2.39. The Labute approximate surface area is 166 Å². The SMILES string of the molecule is O=C(c1ccc(-n2ccc(C(F)(F)F)n2)cc1)N1CCOCC2(CCOCC2)C1. The van der Waals surface area contributed by atoms with Crippen LogP contribution in [0.3, 0.4) is 0 Å². The molecule has 2 saturated heterocycles. The summed E-state index contributed by atoms with van der Waals surface area (Å²) in [5.74, 6) is -0.107. The lowest BCUT2D eigenvalue weighted by atomic mass is 9.80. The van der Waals surface area contributed by atoms with Crippen molar-refractivity contribution in [2.45, 2.75) is 19.0 Å². The van der Waals surface area contributed by atoms with E-state index < -0.39 is 11.9 Å². The van der Waals surface area contributed by atoms with Crippen LogP contribution in [0.5, 0.6) is 0 Å². The molecule has 29 heavy (non-hydrogen) atoms. The molecule has 0 atom stereocenters. The van der Waals surface area contributed by atoms with Crippen LogP contribution in [0.4, 0.5) is 13.2 Å². The summed E-state index contributed by atoms with van der Waals surface area (Å²) in [6, 6.07) is 7.35. The van der Waals surface area contributed by atoms with Crippen molar-refractivity contribution in [3.63, 3.8) is 0 Å². The highest BCUT2D eigenvalue weighted by molar-refractivity contribution is 5.94. The number of carbonyl (C=O) groups excluding carboxylic acids is 1. The van der Waals surface area contributed by atoms with Gasteiger partial charge in [-0.2, -0.15) is 18.3 Å². The van der Waals surface area contributed by atoms with E-state index in [1.807, 2.05) is 4.90 Å². The first-order valence-electron chi connectivity index (χ1n) is 9.54. The lowest BCUT2D eigenvalue weighted by molar-refractivity contribution is -0.141. The van der Waals surface area contributed by atoms with Gasteiger partial charge >= 0.3 is 6.18 Å². The first-order chi connectivity index (χ1) is 13.9. The Morgan fingerprint density at radius 3 is 2.41 bits per heavy atom. The van der Waals surface area contributed by atoms with Crippen molar-refractivity contribution in [1.29, 1.82) is 0 Å². The number of aromatic nitrogens is 2. The number of nitrogens with zero attached hydrogens (tertiary/aromatic N) is 3. The predicted molar refractivity (Wildman–Crippen MR) is 97.8 cm³/mol. The van der Waals surface area contributed by atoms with E-state index >= 15 is 0 Å². The summed E-state index contributed by atoms with van der Waals surface area (Å²) < 4.78 is 50.6. The topological polar surface area (TPSA) is 56.6 Å². The molecule has 1 aromatic heterocycles. The van der Waals surface area contributed by atoms with E-state index in [1.54, 1.807) is 24.3 Å². The summed E-state index contributed by atoms with van der Waals surface area (Å²) in [5.41, 5.74) is -0.0878. The molecule has 4 rings (SSSR count). The lowest BCUT2D eigenvalue weighted by Crippen LogP contribution is -2.44. The number of amides is 1. The van der Waals surface area contributed by atoms with Gasteiger partial charge in [-0.3, -0.25) is 4.79 Å². The van der Waals surface area contributed by atoms with Gasteiger partial charge in [0.05, 0.1) is 18.9 Å². The van der Waals surface area contributed by atoms with E-state index in [2.05, 4.69) is 5.10 Å². The second-order valence-corrected chi connectivity index (χ2v) is 7.58. The first kappa shape index (κ1) is 19.9. The summed E-state index contributed by atoms with van der Waals surface area (Å²) in [6.07, 6.45) is -1.52. The molecule has 2 aromatic rings. The van der Waals surface area contributed by atoms with Gasteiger partial charge in [0.15, 0.2) is 5.69 Å². The van der Waals surface area contributed by atoms with Crippen LogP contribution in [0, 0.1) is 5.41 Å². The molecule has 9 heteroatoms. The summed E-state index contributed by atoms with van der Waals surface area (Å²) in [7, 11) is 0. The van der Waals surface area contributed by atoms with Crippen molar-refractivity contribution in [1.82, 2.24) is 14.7 Å². The van der Waals surface area contributed by atoms with Gasteiger partial charge in [-0.05, 0) is 43.2 Å². The average Bonchev–Trinajstić information content (AvgIpc) is 3.13. The molecule has 2 aliphatic rings. The third-order valence-corrected chi connectivity index (χ3v) is 5.54. The van der Waals surface area contributed by atoms with Crippen molar-refractivity contribution < 1.29 is 27.4 Å². The zero-order valence-electron chi connectivity index (χ0n) is 15.8. The fraction of sp³-hybridized carbons (Fsp3) is 0.500. The number of hydrogen-bond acceptors (Lipinski definition) is 4. The molecule has 2 fully saturated rings. The summed E-state index contributed by atoms with van der Waals surface area (Å²) in [6.45, 7) is 3.58. The van der Waals surface area contributed by atoms with Crippen molar-refractivity contribution >= 4 is 5.91 Å². The maximum Gasteiger partial charge on any atom is 0.435 e. The van der Waals surface area contributed by atoms with Crippen molar-refractivity contribution in [3.8, 4) is 5.69 Å². The molecule has 1 aromatic carbocycles. The number of halogens is 3. The first-order valence-corrected chi connectivity index (χ1v) is 9.54. The van der Waals surface area contributed by atoms with Crippen LogP contribution in [0.2, 0.25) is 0 Å². The number of benzene rings is 1. The lowest BCUT2D eigenvalue weighted by Gasteiger charge is -2.38. The Balaban J connectivity index is 1.49. The number of alkyl halides is 3. The molecule has 1 amide bonds. The molecule has 0 radical (unpaired) electrons. The van der Waals surface area contributed by atoms with Gasteiger partial charge < -0.3 is 14.4 Å². The van der Waals surface area contributed by atoms with Crippen LogP contribution in [-0.4, -0.2) is 60.1 Å². The van der Waals surface area contributed by atoms with Crippen LogP contribution in [0.15, 0.2) is 36.5 Å². The molecule has 0 aliphatic carbocycles. The third kappa shape index (κ3) is 4.30. The normalized spacial score (nSPS) is 19.9. The highest BCUT2D eigenvalue weighted by Gasteiger charge is 2.38. The molecule has 1 spiro atoms. The molecular weight excluding hydrogens is 387 g/mol. The van der Waals surface area contributed by atoms with Crippen LogP contribution in [0.25, 0.3) is 5.69 Å². The number of ether oxygens (including phenoxy) is 2. The van der Waals surface area contributed by atoms with Gasteiger partial charge in [-0.25, -0.2) is 4.68 Å². The quantitative estimate of drug-likeness (QED) is 0.765. The highest BCUT2D eigenvalue weighted by atomic mass is 19.4. The summed E-state index contributed by atoms with van der Waals surface area (Å²) >= 11 is 0. The minimum atomic E-state index is -4.49. The molecule has 0 unspecified atom stereocenters. The standard InChI is InChI=1S/C20H22F3N3O3/c21-20(22,23)17-5-8-26(24-17)16-3-1-15(2-4-16)18(27)25-9-12-29-14-19(13-25)6-10-28-11-7-19/h1-5,8H,6-7,9-14H2. The Kier molecular flexibility index (Phi) is 5.35. The van der Waals surface area contributed by atoms with Crippen molar-refractivity contribution in [2.75, 3.05) is 39.5 Å². The number of hydrogen-bond donors (Lipinski definition) is 0. The average molecular weight is 409 g/mol. The van der Waals surface area contributed by atoms with E-state index in [9.17, 15) is 18.0 Å². The molecule has 0 saturated carbocycles. The predicted octanol–water partition coefficient (Wildman–Crippen LogP) is 3.16. The molecule has 3 heterocycles. The maximum atomic E-state index is 13.0. The van der Waals surface area contributed by atoms with Gasteiger partial charge in [0.2, 0.25) is 0 Å². The third-order valence-electron chi connectivity index (χ3n) is 5.54. The van der Waals surface area contributed by atoms with E-state index in [4.69, 9.17) is 9.47 Å². The molecule has 2 aliphatic heterocycles. The van der Waals surface area contributed by atoms with E-state index in [-0.39, 0.29) is 11.3 Å².